The van der Waals surface area contributed by atoms with Crippen molar-refractivity contribution < 1.29 is 152 Å². The summed E-state index contributed by atoms with van der Waals surface area (Å²) >= 11 is 0. The highest BCUT2D eigenvalue weighted by Crippen LogP contribution is 2.38. The van der Waals surface area contributed by atoms with Gasteiger partial charge in [-0.15, -0.1) is 0 Å². The Morgan fingerprint density at radius 3 is 0.748 bits per heavy atom. The van der Waals surface area contributed by atoms with Crippen LogP contribution in [0.3, 0.4) is 0 Å². The minimum atomic E-state index is -3.26. The number of carbonyl (C=O) groups is 12. The molecule has 0 spiro atoms. The molecule has 0 amide bonds. The smallest absolute Gasteiger partial charge is 0.323 e. The van der Waals surface area contributed by atoms with Crippen LogP contribution < -0.4 is 10.4 Å². The van der Waals surface area contributed by atoms with Gasteiger partial charge in [0.2, 0.25) is 0 Å². The zero-order valence-electron chi connectivity index (χ0n) is 66.2. The average Bonchev–Trinajstić information content (AvgIpc) is 0.743. The minimum absolute atomic E-state index is 0.0971. The number of carboxylic acid groups (broad SMARTS) is 1. The summed E-state index contributed by atoms with van der Waals surface area (Å²) in [4.78, 5) is 150. The van der Waals surface area contributed by atoms with Crippen LogP contribution in [0.5, 0.6) is 0 Å². The third kappa shape index (κ3) is 31.6. The van der Waals surface area contributed by atoms with Gasteiger partial charge < -0.3 is 94.8 Å². The average molecular weight is 1670 g/mol. The van der Waals surface area contributed by atoms with E-state index in [9.17, 15) is 57.5 Å². The van der Waals surface area contributed by atoms with Gasteiger partial charge in [-0.1, -0.05) is 203 Å². The lowest BCUT2D eigenvalue weighted by molar-refractivity contribution is -0.229. The van der Waals surface area contributed by atoms with Crippen LogP contribution in [0.4, 0.5) is 0 Å². The van der Waals surface area contributed by atoms with E-state index < -0.39 is 192 Å². The number of hydrogen-bond acceptors (Lipinski definition) is 31. The topological polar surface area (TPSA) is 400 Å². The number of hydrogen-bond donors (Lipinski definition) is 1. The first-order valence-electron chi connectivity index (χ1n) is 38.9. The molecule has 0 saturated carbocycles. The first-order chi connectivity index (χ1) is 57.4. The van der Waals surface area contributed by atoms with E-state index in [1.807, 2.05) is 203 Å². The van der Waals surface area contributed by atoms with Crippen molar-refractivity contribution in [2.24, 2.45) is 0 Å². The number of carbonyl (C=O) groups excluding carboxylic acids is 11. The molecule has 0 unspecified atom stereocenters. The first-order valence-corrected chi connectivity index (χ1v) is 40.8. The first kappa shape index (κ1) is 91.8. The van der Waals surface area contributed by atoms with Crippen LogP contribution in [0.15, 0.2) is 182 Å². The Hall–Kier alpha value is -11.1. The maximum atomic E-state index is 13.7. The maximum Gasteiger partial charge on any atom is 0.323 e. The van der Waals surface area contributed by atoms with Gasteiger partial charge in [0, 0.05) is 22.3 Å². The fraction of sp³-hybridized carbons (Fsp3) is 0.442. The van der Waals surface area contributed by atoms with E-state index in [1.54, 1.807) is 0 Å². The highest BCUT2D eigenvalue weighted by Gasteiger charge is 2.53. The molecule has 33 heteroatoms. The lowest BCUT2D eigenvalue weighted by atomic mass is 10.2. The maximum absolute atomic E-state index is 13.7. The van der Waals surface area contributed by atoms with Crippen molar-refractivity contribution in [1.82, 2.24) is 0 Å². The van der Waals surface area contributed by atoms with Gasteiger partial charge in [0.05, 0.1) is 130 Å². The fourth-order valence-corrected chi connectivity index (χ4v) is 16.6. The van der Waals surface area contributed by atoms with Crippen LogP contribution in [0, 0.1) is 0 Å². The molecule has 4 aliphatic heterocycles. The van der Waals surface area contributed by atoms with E-state index in [4.69, 9.17) is 94.8 Å². The molecule has 0 bridgehead atoms. The van der Waals surface area contributed by atoms with Crippen LogP contribution >= 0.6 is 0 Å². The molecule has 0 aliphatic carbocycles. The van der Waals surface area contributed by atoms with Crippen molar-refractivity contribution in [3.8, 4) is 0 Å². The molecule has 32 nitrogen and oxygen atoms in total. The number of rotatable bonds is 39. The molecule has 4 saturated heterocycles. The summed E-state index contributed by atoms with van der Waals surface area (Å²) in [6.07, 6.45) is -12.1. The quantitative estimate of drug-likeness (QED) is 0.0215. The largest absolute Gasteiger partial charge is 0.510 e. The highest BCUT2D eigenvalue weighted by molar-refractivity contribution is 7.00. The molecule has 10 rings (SSSR count). The van der Waals surface area contributed by atoms with E-state index in [0.717, 1.165) is 32.6 Å². The molecule has 638 valence electrons. The van der Waals surface area contributed by atoms with E-state index in [2.05, 4.69) is 0 Å². The lowest BCUT2D eigenvalue weighted by Crippen LogP contribution is -2.67. The summed E-state index contributed by atoms with van der Waals surface area (Å²) in [5, 5.41) is 10.1. The molecule has 0 aromatic heterocycles. The number of ether oxygens (including phenoxy) is 18. The third-order valence-corrected chi connectivity index (χ3v) is 23.1. The molecular formula is C86H98O32Si. The summed E-state index contributed by atoms with van der Waals surface area (Å²) < 4.78 is 105. The van der Waals surface area contributed by atoms with Crippen LogP contribution in [0.2, 0.25) is 5.04 Å². The Morgan fingerprint density at radius 1 is 0.303 bits per heavy atom. The fourth-order valence-electron chi connectivity index (χ4n) is 12.3. The number of carboxylic acids is 1. The second-order valence-electron chi connectivity index (χ2n) is 28.6. The standard InChI is InChI=1S/C51H58O16Si.C35H40O16/c1-51(2,3)68(41-20-12-6-13-21-41,42-22-14-7-15-23-42)67-48(57)29-28-47(56)64-38(30-58-43(52)24-26-45(54)65-39-32-60-49(61-33-39)36-16-8-4-9-17-36)31-59-44(53)25-27-46(55)66-40-34-62-50(63-35-40)37-18-10-5-11-19-37;36-28(37)11-12-31(40)49-25(17-43-29(38)13-15-32(41)50-26-19-45-34(46-20-26)23-7-3-1-4-8-23)18-44-30(39)14-16-33(42)51-27-21-47-35(48-22-27)24-9-5-2-6-10-24/h4-23,38-40,49-50H,24-35H2,1-3H3;1-10,25-27,34-35H,11-22H2,(H,36,37). The van der Waals surface area contributed by atoms with Crippen molar-refractivity contribution >= 4 is 90.3 Å². The third-order valence-electron chi connectivity index (χ3n) is 18.2. The molecule has 4 heterocycles. The Bertz CT molecular complexity index is 3970. The summed E-state index contributed by atoms with van der Waals surface area (Å²) in [6.45, 7) is 4.62. The summed E-state index contributed by atoms with van der Waals surface area (Å²) in [5.41, 5.74) is 3.30. The van der Waals surface area contributed by atoms with Crippen LogP contribution in [-0.2, 0) is 147 Å². The Labute approximate surface area is 687 Å². The Kier molecular flexibility index (Phi) is 37.0. The predicted octanol–water partition coefficient (Wildman–Crippen LogP) is 8.47. The van der Waals surface area contributed by atoms with Crippen molar-refractivity contribution in [3.63, 3.8) is 0 Å². The minimum Gasteiger partial charge on any atom is -0.510 e. The number of aliphatic carboxylic acids is 1. The Balaban J connectivity index is 0.000000283. The molecular weight excluding hydrogens is 1570 g/mol. The van der Waals surface area contributed by atoms with Crippen molar-refractivity contribution in [2.75, 3.05) is 79.3 Å². The van der Waals surface area contributed by atoms with Crippen molar-refractivity contribution in [3.05, 3.63) is 204 Å². The molecule has 6 aromatic carbocycles. The summed E-state index contributed by atoms with van der Waals surface area (Å²) in [5.74, 6) is -9.69. The van der Waals surface area contributed by atoms with Gasteiger partial charge in [0.25, 0.3) is 5.97 Å². The van der Waals surface area contributed by atoms with Gasteiger partial charge in [-0.2, -0.15) is 0 Å². The van der Waals surface area contributed by atoms with Crippen LogP contribution in [0.25, 0.3) is 0 Å². The molecule has 1 N–H and O–H groups in total. The van der Waals surface area contributed by atoms with Gasteiger partial charge in [0.1, 0.15) is 50.8 Å². The van der Waals surface area contributed by atoms with Gasteiger partial charge in [0.15, 0.2) is 37.4 Å². The predicted molar refractivity (Wildman–Crippen MR) is 414 cm³/mol. The molecule has 6 aromatic rings. The highest BCUT2D eigenvalue weighted by atomic mass is 28.4. The SMILES string of the molecule is CC(C)(C)[Si](OC(=O)CCC(=O)OC(COC(=O)CCC(=O)OC1COC(c2ccccc2)OC1)COC(=O)CCC(=O)OC1COC(c2ccccc2)OC1)(c1ccccc1)c1ccccc1.O=C(O)CCC(=O)OC(COC(=O)CCC(=O)OC1COC(c2ccccc2)OC1)COC(=O)CCC(=O)OC1COC(c2ccccc2)OC1. The number of esters is 10. The second kappa shape index (κ2) is 48.1. The molecule has 4 fully saturated rings. The van der Waals surface area contributed by atoms with E-state index >= 15 is 0 Å². The van der Waals surface area contributed by atoms with Gasteiger partial charge >= 0.3 is 74.0 Å². The van der Waals surface area contributed by atoms with Crippen molar-refractivity contribution in [1.29, 1.82) is 0 Å². The Morgan fingerprint density at radius 2 is 0.513 bits per heavy atom. The monoisotopic (exact) mass is 1670 g/mol. The van der Waals surface area contributed by atoms with Gasteiger partial charge in [-0.25, -0.2) is 0 Å². The van der Waals surface area contributed by atoms with Crippen molar-refractivity contribution in [2.45, 2.75) is 165 Å². The zero-order valence-corrected chi connectivity index (χ0v) is 67.2. The second-order valence-corrected chi connectivity index (χ2v) is 32.8. The number of benzene rings is 6. The molecule has 4 aliphatic rings. The molecule has 119 heavy (non-hydrogen) atoms. The van der Waals surface area contributed by atoms with E-state index in [-0.39, 0.29) is 111 Å². The zero-order chi connectivity index (χ0) is 84.8. The van der Waals surface area contributed by atoms with Crippen LogP contribution in [0.1, 0.15) is 145 Å². The molecule has 0 radical (unpaired) electrons. The van der Waals surface area contributed by atoms with Gasteiger partial charge in [-0.05, 0) is 15.4 Å². The summed E-state index contributed by atoms with van der Waals surface area (Å²) in [7, 11) is -3.26. The van der Waals surface area contributed by atoms with E-state index in [1.165, 1.54) is 0 Å². The van der Waals surface area contributed by atoms with Crippen LogP contribution in [-0.4, -0.2) is 201 Å². The van der Waals surface area contributed by atoms with E-state index in [0.29, 0.717) is 0 Å². The van der Waals surface area contributed by atoms with Gasteiger partial charge in [-0.3, -0.25) is 57.5 Å². The molecule has 0 atom stereocenters. The summed E-state index contributed by atoms with van der Waals surface area (Å²) in [6, 6.07) is 56.2. The lowest BCUT2D eigenvalue weighted by Gasteiger charge is -2.42. The normalized spacial score (nSPS) is 19.6.